The van der Waals surface area contributed by atoms with Gasteiger partial charge in [0.05, 0.1) is 26.9 Å². The molecule has 0 bridgehead atoms. The zero-order valence-electron chi connectivity index (χ0n) is 23.4. The lowest BCUT2D eigenvalue weighted by Gasteiger charge is -2.16. The van der Waals surface area contributed by atoms with E-state index in [0.717, 1.165) is 30.7 Å². The van der Waals surface area contributed by atoms with E-state index < -0.39 is 36.4 Å². The maximum atomic E-state index is 13.2. The average Bonchev–Trinajstić information content (AvgIpc) is 3.61. The number of carbonyl (C=O) groups excluding carboxylic acids is 4. The molecule has 0 unspecified atom stereocenters. The molecule has 0 spiro atoms. The van der Waals surface area contributed by atoms with Crippen molar-refractivity contribution in [2.75, 3.05) is 27.4 Å². The highest BCUT2D eigenvalue weighted by Crippen LogP contribution is 2.28. The Hall–Kier alpha value is -4.90. The molecule has 0 saturated heterocycles. The van der Waals surface area contributed by atoms with Crippen LogP contribution >= 0.6 is 0 Å². The number of benzene rings is 2. The van der Waals surface area contributed by atoms with Crippen LogP contribution in [0.4, 0.5) is 4.79 Å². The third kappa shape index (κ3) is 7.05. The number of urea groups is 1. The van der Waals surface area contributed by atoms with E-state index in [2.05, 4.69) is 15.6 Å². The summed E-state index contributed by atoms with van der Waals surface area (Å²) in [5.41, 5.74) is 2.24. The van der Waals surface area contributed by atoms with Gasteiger partial charge in [-0.05, 0) is 30.0 Å². The number of hydrogen-bond donors (Lipinski definition) is 4. The number of aromatic amines is 1. The smallest absolute Gasteiger partial charge is 0.342 e. The average molecular weight is 576 g/mol. The Labute approximate surface area is 242 Å². The number of Topliss-reactive ketones (excluding diaryl/α,β-unsaturated/α-hetero) is 1. The number of methoxy groups -OCH3 is 2. The Balaban J connectivity index is 1.44. The van der Waals surface area contributed by atoms with Gasteiger partial charge in [0.15, 0.2) is 5.76 Å². The van der Waals surface area contributed by atoms with Crippen LogP contribution in [0.3, 0.4) is 0 Å². The van der Waals surface area contributed by atoms with Crippen LogP contribution in [0.5, 0.6) is 0 Å². The summed E-state index contributed by atoms with van der Waals surface area (Å²) in [6, 6.07) is 15.6. The van der Waals surface area contributed by atoms with E-state index in [9.17, 15) is 24.3 Å². The number of carbonyl (C=O) groups is 4. The number of para-hydroxylation sites is 1. The van der Waals surface area contributed by atoms with Crippen LogP contribution in [0.2, 0.25) is 0 Å². The van der Waals surface area contributed by atoms with Crippen LogP contribution in [-0.2, 0) is 28.7 Å². The molecule has 4 rings (SSSR count). The summed E-state index contributed by atoms with van der Waals surface area (Å²) in [7, 11) is 2.27. The highest BCUT2D eigenvalue weighted by Gasteiger charge is 2.34. The quantitative estimate of drug-likeness (QED) is 0.139. The van der Waals surface area contributed by atoms with Crippen molar-refractivity contribution in [3.8, 4) is 0 Å². The van der Waals surface area contributed by atoms with Gasteiger partial charge in [0.2, 0.25) is 5.78 Å². The van der Waals surface area contributed by atoms with E-state index in [4.69, 9.17) is 13.9 Å². The summed E-state index contributed by atoms with van der Waals surface area (Å²) in [6.45, 7) is -0.0281. The number of rotatable bonds is 13. The number of esters is 2. The van der Waals surface area contributed by atoms with Crippen LogP contribution in [0.25, 0.3) is 10.9 Å². The van der Waals surface area contributed by atoms with E-state index in [-0.39, 0.29) is 41.9 Å². The third-order valence-electron chi connectivity index (χ3n) is 6.85. The van der Waals surface area contributed by atoms with Crippen molar-refractivity contribution in [2.45, 2.75) is 31.7 Å². The van der Waals surface area contributed by atoms with Gasteiger partial charge < -0.3 is 34.6 Å². The molecule has 1 atom stereocenters. The summed E-state index contributed by atoms with van der Waals surface area (Å²) in [6.07, 6.45) is 2.58. The first-order valence-corrected chi connectivity index (χ1v) is 13.5. The minimum atomic E-state index is -0.923. The Kier molecular flexibility index (Phi) is 10.1. The van der Waals surface area contributed by atoms with Gasteiger partial charge in [-0.2, -0.15) is 0 Å². The van der Waals surface area contributed by atoms with Gasteiger partial charge in [-0.15, -0.1) is 0 Å². The topological polar surface area (TPSA) is 160 Å². The zero-order valence-corrected chi connectivity index (χ0v) is 23.4. The van der Waals surface area contributed by atoms with Crippen LogP contribution < -0.4 is 10.6 Å². The minimum Gasteiger partial charge on any atom is -0.465 e. The van der Waals surface area contributed by atoms with Gasteiger partial charge in [0, 0.05) is 36.5 Å². The number of aliphatic hydroxyl groups excluding tert-OH is 1. The second-order valence-electron chi connectivity index (χ2n) is 9.60. The number of ether oxygens (including phenoxy) is 2. The molecule has 0 radical (unpaired) electrons. The van der Waals surface area contributed by atoms with Crippen LogP contribution in [-0.4, -0.2) is 67.3 Å². The van der Waals surface area contributed by atoms with Gasteiger partial charge in [-0.1, -0.05) is 48.5 Å². The van der Waals surface area contributed by atoms with Crippen molar-refractivity contribution in [1.29, 1.82) is 0 Å². The lowest BCUT2D eigenvalue weighted by atomic mass is 10.0. The molecule has 4 N–H and O–H groups in total. The number of H-pyrrole nitrogens is 1. The summed E-state index contributed by atoms with van der Waals surface area (Å²) in [5.74, 6) is -2.63. The molecule has 11 heteroatoms. The predicted molar refractivity (Wildman–Crippen MR) is 154 cm³/mol. The standard InChI is InChI=1S/C31H33N3O8/c1-40-29(37)26-25(42-28(27(26)30(38)41-2)24(36)16-19-8-4-3-5-9-19)13-12-21(18-35)34-31(39)32-15-14-20-17-33-23-11-7-6-10-22(20)23/h3-11,17,21,33,35H,12-16,18H2,1-2H3,(H2,32,34,39)/t21-/m0/s1. The van der Waals surface area contributed by atoms with Gasteiger partial charge in [-0.25, -0.2) is 14.4 Å². The number of nitrogens with one attached hydrogen (secondary N) is 3. The monoisotopic (exact) mass is 575 g/mol. The second-order valence-corrected chi connectivity index (χ2v) is 9.60. The lowest BCUT2D eigenvalue weighted by molar-refractivity contribution is 0.0554. The zero-order chi connectivity index (χ0) is 30.1. The van der Waals surface area contributed by atoms with Gasteiger partial charge in [0.25, 0.3) is 0 Å². The number of furan rings is 1. The number of hydrogen-bond acceptors (Lipinski definition) is 8. The van der Waals surface area contributed by atoms with Crippen molar-refractivity contribution < 1.29 is 38.2 Å². The molecule has 4 aromatic rings. The van der Waals surface area contributed by atoms with Gasteiger partial charge in [-0.3, -0.25) is 4.79 Å². The van der Waals surface area contributed by atoms with E-state index in [0.29, 0.717) is 18.5 Å². The Morgan fingerprint density at radius 3 is 2.33 bits per heavy atom. The predicted octanol–water partition coefficient (Wildman–Crippen LogP) is 3.59. The first kappa shape index (κ1) is 30.1. The fourth-order valence-electron chi connectivity index (χ4n) is 4.73. The molecule has 220 valence electrons. The van der Waals surface area contributed by atoms with Crippen molar-refractivity contribution in [3.05, 3.63) is 94.6 Å². The molecular weight excluding hydrogens is 542 g/mol. The van der Waals surface area contributed by atoms with E-state index in [1.54, 1.807) is 24.3 Å². The molecule has 0 fully saturated rings. The summed E-state index contributed by atoms with van der Waals surface area (Å²) < 4.78 is 15.5. The number of amides is 2. The van der Waals surface area contributed by atoms with E-state index >= 15 is 0 Å². The molecule has 2 aromatic heterocycles. The molecule has 2 aromatic carbocycles. The van der Waals surface area contributed by atoms with Crippen LogP contribution in [0.1, 0.15) is 54.6 Å². The summed E-state index contributed by atoms with van der Waals surface area (Å²) in [4.78, 5) is 54.3. The third-order valence-corrected chi connectivity index (χ3v) is 6.85. The fraction of sp³-hybridized carbons (Fsp3) is 0.290. The number of aryl methyl sites for hydroxylation is 1. The molecule has 2 heterocycles. The molecule has 0 aliphatic heterocycles. The number of aromatic nitrogens is 1. The van der Waals surface area contributed by atoms with Gasteiger partial charge >= 0.3 is 18.0 Å². The number of ketones is 1. The van der Waals surface area contributed by atoms with Crippen LogP contribution in [0, 0.1) is 0 Å². The summed E-state index contributed by atoms with van der Waals surface area (Å²) in [5, 5.41) is 16.5. The molecule has 0 saturated carbocycles. The normalized spacial score (nSPS) is 11.6. The van der Waals surface area contributed by atoms with Gasteiger partial charge in [0.1, 0.15) is 16.9 Å². The maximum absolute atomic E-state index is 13.2. The summed E-state index contributed by atoms with van der Waals surface area (Å²) >= 11 is 0. The van der Waals surface area contributed by atoms with E-state index in [1.165, 1.54) is 0 Å². The highest BCUT2D eigenvalue weighted by molar-refractivity contribution is 6.12. The Bertz CT molecular complexity index is 1560. The number of fused-ring (bicyclic) bond motifs is 1. The van der Waals surface area contributed by atoms with Crippen LogP contribution in [0.15, 0.2) is 65.2 Å². The minimum absolute atomic E-state index is 0.00783. The Morgan fingerprint density at radius 1 is 0.929 bits per heavy atom. The molecule has 11 nitrogen and oxygen atoms in total. The first-order chi connectivity index (χ1) is 20.4. The van der Waals surface area contributed by atoms with E-state index in [1.807, 2.05) is 36.5 Å². The second kappa shape index (κ2) is 14.1. The van der Waals surface area contributed by atoms with Crippen molar-refractivity contribution in [1.82, 2.24) is 15.6 Å². The van der Waals surface area contributed by atoms with Crippen molar-refractivity contribution in [2.24, 2.45) is 0 Å². The maximum Gasteiger partial charge on any atom is 0.342 e. The van der Waals surface area contributed by atoms with Crippen molar-refractivity contribution in [3.63, 3.8) is 0 Å². The molecule has 0 aliphatic rings. The lowest BCUT2D eigenvalue weighted by Crippen LogP contribution is -2.44. The SMILES string of the molecule is COC(=O)c1c(CC[C@@H](CO)NC(=O)NCCc2c[nH]c3ccccc23)oc(C(=O)Cc2ccccc2)c1C(=O)OC. The highest BCUT2D eigenvalue weighted by atomic mass is 16.5. The molecule has 0 aliphatic carbocycles. The number of aliphatic hydroxyl groups is 1. The molecule has 42 heavy (non-hydrogen) atoms. The fourth-order valence-corrected chi connectivity index (χ4v) is 4.73. The van der Waals surface area contributed by atoms with Crippen molar-refractivity contribution >= 4 is 34.7 Å². The Morgan fingerprint density at radius 2 is 1.62 bits per heavy atom. The largest absolute Gasteiger partial charge is 0.465 e. The molecule has 2 amide bonds. The molecular formula is C31H33N3O8. The first-order valence-electron chi connectivity index (χ1n) is 13.5.